The molecule has 1 saturated carbocycles. The van der Waals surface area contributed by atoms with E-state index in [-0.39, 0.29) is 12.1 Å². The molecule has 0 spiro atoms. The van der Waals surface area contributed by atoms with Gasteiger partial charge in [0.15, 0.2) is 11.5 Å². The van der Waals surface area contributed by atoms with Crippen LogP contribution < -0.4 is 15.2 Å². The van der Waals surface area contributed by atoms with Crippen LogP contribution in [0.3, 0.4) is 0 Å². The molecule has 2 N–H and O–H groups in total. The third kappa shape index (κ3) is 3.80. The predicted molar refractivity (Wildman–Crippen MR) is 80.6 cm³/mol. The van der Waals surface area contributed by atoms with Crippen LogP contribution in [0.4, 0.5) is 5.69 Å². The molecule has 1 aromatic rings. The highest BCUT2D eigenvalue weighted by molar-refractivity contribution is 5.71. The quantitative estimate of drug-likeness (QED) is 0.645. The number of carbonyl (C=O) groups excluding carboxylic acids is 1. The van der Waals surface area contributed by atoms with Crippen LogP contribution in [0.25, 0.3) is 0 Å². The molecule has 5 nitrogen and oxygen atoms in total. The molecule has 0 aromatic heterocycles. The monoisotopic (exact) mass is 293 g/mol. The summed E-state index contributed by atoms with van der Waals surface area (Å²) in [5.74, 6) is 0.993. The maximum Gasteiger partial charge on any atom is 0.305 e. The van der Waals surface area contributed by atoms with Crippen molar-refractivity contribution >= 4 is 11.7 Å². The molecule has 1 fully saturated rings. The third-order valence-corrected chi connectivity index (χ3v) is 3.88. The summed E-state index contributed by atoms with van der Waals surface area (Å²) < 4.78 is 16.0. The Morgan fingerprint density at radius 3 is 2.62 bits per heavy atom. The van der Waals surface area contributed by atoms with Crippen molar-refractivity contribution in [1.82, 2.24) is 0 Å². The van der Waals surface area contributed by atoms with Crippen LogP contribution in [0, 0.1) is 0 Å². The van der Waals surface area contributed by atoms with Crippen LogP contribution in [0.15, 0.2) is 12.1 Å². The van der Waals surface area contributed by atoms with E-state index in [0.29, 0.717) is 30.0 Å². The first-order valence-electron chi connectivity index (χ1n) is 7.34. The Morgan fingerprint density at radius 1 is 1.29 bits per heavy atom. The van der Waals surface area contributed by atoms with Crippen LogP contribution >= 0.6 is 0 Å². The number of nitrogen functional groups attached to an aromatic ring is 1. The number of aryl methyl sites for hydroxylation is 1. The number of nitrogens with two attached hydrogens (primary N) is 1. The topological polar surface area (TPSA) is 70.8 Å². The van der Waals surface area contributed by atoms with Gasteiger partial charge in [-0.05, 0) is 43.7 Å². The first kappa shape index (κ1) is 15.5. The van der Waals surface area contributed by atoms with Gasteiger partial charge in [0.25, 0.3) is 0 Å². The molecule has 0 heterocycles. The van der Waals surface area contributed by atoms with Crippen molar-refractivity contribution in [2.45, 2.75) is 44.6 Å². The molecule has 1 aliphatic carbocycles. The highest BCUT2D eigenvalue weighted by Gasteiger charge is 2.20. The largest absolute Gasteiger partial charge is 0.491 e. The highest BCUT2D eigenvalue weighted by atomic mass is 16.5. The van der Waals surface area contributed by atoms with E-state index in [9.17, 15) is 4.79 Å². The summed E-state index contributed by atoms with van der Waals surface area (Å²) in [5.41, 5.74) is 7.55. The molecule has 0 radical (unpaired) electrons. The second kappa shape index (κ2) is 7.20. The van der Waals surface area contributed by atoms with Crippen LogP contribution in [-0.2, 0) is 16.0 Å². The number of hydrogen-bond acceptors (Lipinski definition) is 5. The van der Waals surface area contributed by atoms with E-state index in [1.807, 2.05) is 12.1 Å². The Kier molecular flexibility index (Phi) is 5.31. The highest BCUT2D eigenvalue weighted by Crippen LogP contribution is 2.38. The first-order chi connectivity index (χ1) is 10.2. The molecule has 0 amide bonds. The predicted octanol–water partition coefficient (Wildman–Crippen LogP) is 2.70. The zero-order valence-electron chi connectivity index (χ0n) is 12.7. The van der Waals surface area contributed by atoms with Gasteiger partial charge in [-0.25, -0.2) is 0 Å². The van der Waals surface area contributed by atoms with Crippen molar-refractivity contribution in [3.8, 4) is 11.5 Å². The SMILES string of the molecule is COC(=O)CCc1ccc(OC2CCCC2)c(OC)c1N. The molecule has 1 aliphatic rings. The van der Waals surface area contributed by atoms with Crippen molar-refractivity contribution in [2.24, 2.45) is 0 Å². The van der Waals surface area contributed by atoms with Gasteiger partial charge in [-0.1, -0.05) is 6.07 Å². The molecule has 0 unspecified atom stereocenters. The number of benzene rings is 1. The van der Waals surface area contributed by atoms with E-state index in [4.69, 9.17) is 15.2 Å². The van der Waals surface area contributed by atoms with Gasteiger partial charge in [0, 0.05) is 6.42 Å². The zero-order chi connectivity index (χ0) is 15.2. The fourth-order valence-corrected chi connectivity index (χ4v) is 2.67. The van der Waals surface area contributed by atoms with Crippen molar-refractivity contribution in [2.75, 3.05) is 20.0 Å². The lowest BCUT2D eigenvalue weighted by Gasteiger charge is -2.18. The number of carbonyl (C=O) groups is 1. The van der Waals surface area contributed by atoms with Gasteiger partial charge in [0.2, 0.25) is 0 Å². The smallest absolute Gasteiger partial charge is 0.305 e. The summed E-state index contributed by atoms with van der Waals surface area (Å²) >= 11 is 0. The van der Waals surface area contributed by atoms with E-state index in [1.54, 1.807) is 7.11 Å². The standard InChI is InChI=1S/C16H23NO4/c1-19-14(18)10-8-11-7-9-13(16(20-2)15(11)17)21-12-5-3-4-6-12/h7,9,12H,3-6,8,10,17H2,1-2H3. The first-order valence-corrected chi connectivity index (χ1v) is 7.34. The van der Waals surface area contributed by atoms with Crippen molar-refractivity contribution < 1.29 is 19.0 Å². The van der Waals surface area contributed by atoms with Crippen LogP contribution in [0.1, 0.15) is 37.7 Å². The van der Waals surface area contributed by atoms with Gasteiger partial charge < -0.3 is 19.9 Å². The molecular weight excluding hydrogens is 270 g/mol. The molecule has 5 heteroatoms. The van der Waals surface area contributed by atoms with Crippen LogP contribution in [0.2, 0.25) is 0 Å². The van der Waals surface area contributed by atoms with Crippen molar-refractivity contribution in [3.63, 3.8) is 0 Å². The molecule has 116 valence electrons. The summed E-state index contributed by atoms with van der Waals surface area (Å²) in [6, 6.07) is 3.77. The average Bonchev–Trinajstić information content (AvgIpc) is 2.99. The lowest BCUT2D eigenvalue weighted by molar-refractivity contribution is -0.140. The molecule has 0 atom stereocenters. The third-order valence-electron chi connectivity index (χ3n) is 3.88. The summed E-state index contributed by atoms with van der Waals surface area (Å²) in [4.78, 5) is 11.2. The van der Waals surface area contributed by atoms with Gasteiger partial charge >= 0.3 is 5.97 Å². The minimum atomic E-state index is -0.250. The maximum atomic E-state index is 11.2. The van der Waals surface area contributed by atoms with Gasteiger partial charge in [0.05, 0.1) is 26.0 Å². The van der Waals surface area contributed by atoms with E-state index in [1.165, 1.54) is 20.0 Å². The minimum absolute atomic E-state index is 0.249. The van der Waals surface area contributed by atoms with Crippen molar-refractivity contribution in [1.29, 1.82) is 0 Å². The van der Waals surface area contributed by atoms with E-state index < -0.39 is 0 Å². The molecule has 0 aliphatic heterocycles. The lowest BCUT2D eigenvalue weighted by Crippen LogP contribution is -2.12. The summed E-state index contributed by atoms with van der Waals surface area (Å²) in [6.07, 6.45) is 5.64. The number of esters is 1. The van der Waals surface area contributed by atoms with Gasteiger partial charge in [-0.3, -0.25) is 4.79 Å². The Labute approximate surface area is 125 Å². The van der Waals surface area contributed by atoms with E-state index in [0.717, 1.165) is 18.4 Å². The Hall–Kier alpha value is -1.91. The Bertz CT molecular complexity index is 495. The number of rotatable bonds is 6. The maximum absolute atomic E-state index is 11.2. The molecule has 0 bridgehead atoms. The fourth-order valence-electron chi connectivity index (χ4n) is 2.67. The number of methoxy groups -OCH3 is 2. The van der Waals surface area contributed by atoms with Crippen LogP contribution in [-0.4, -0.2) is 26.3 Å². The fraction of sp³-hybridized carbons (Fsp3) is 0.562. The van der Waals surface area contributed by atoms with Gasteiger partial charge in [-0.15, -0.1) is 0 Å². The van der Waals surface area contributed by atoms with E-state index >= 15 is 0 Å². The summed E-state index contributed by atoms with van der Waals surface area (Å²) in [5, 5.41) is 0. The van der Waals surface area contributed by atoms with Crippen molar-refractivity contribution in [3.05, 3.63) is 17.7 Å². The molecule has 1 aromatic carbocycles. The summed E-state index contributed by atoms with van der Waals surface area (Å²) in [6.45, 7) is 0. The van der Waals surface area contributed by atoms with Crippen LogP contribution in [0.5, 0.6) is 11.5 Å². The Morgan fingerprint density at radius 2 is 2.00 bits per heavy atom. The second-order valence-corrected chi connectivity index (χ2v) is 5.27. The minimum Gasteiger partial charge on any atom is -0.491 e. The number of anilines is 1. The van der Waals surface area contributed by atoms with Gasteiger partial charge in [0.1, 0.15) is 0 Å². The number of hydrogen-bond donors (Lipinski definition) is 1. The molecule has 21 heavy (non-hydrogen) atoms. The number of ether oxygens (including phenoxy) is 3. The molecule has 2 rings (SSSR count). The lowest BCUT2D eigenvalue weighted by atomic mass is 10.1. The normalized spacial score (nSPS) is 15.0. The molecule has 0 saturated heterocycles. The Balaban J connectivity index is 2.12. The summed E-state index contributed by atoms with van der Waals surface area (Å²) in [7, 11) is 2.96. The van der Waals surface area contributed by atoms with E-state index in [2.05, 4.69) is 4.74 Å². The second-order valence-electron chi connectivity index (χ2n) is 5.27. The zero-order valence-corrected chi connectivity index (χ0v) is 12.7. The molecular formula is C16H23NO4. The van der Waals surface area contributed by atoms with Gasteiger partial charge in [-0.2, -0.15) is 0 Å². The average molecular weight is 293 g/mol.